The third-order valence-electron chi connectivity index (χ3n) is 4.66. The summed E-state index contributed by atoms with van der Waals surface area (Å²) >= 11 is 0. The molecule has 1 saturated heterocycles. The van der Waals surface area contributed by atoms with E-state index >= 15 is 0 Å². The molecule has 0 radical (unpaired) electrons. The Balaban J connectivity index is 1.76. The van der Waals surface area contributed by atoms with Crippen LogP contribution in [0.25, 0.3) is 0 Å². The van der Waals surface area contributed by atoms with Crippen molar-refractivity contribution < 1.29 is 9.47 Å². The van der Waals surface area contributed by atoms with Crippen LogP contribution in [0.3, 0.4) is 0 Å². The third-order valence-corrected chi connectivity index (χ3v) is 4.66. The molecule has 0 amide bonds. The van der Waals surface area contributed by atoms with Crippen LogP contribution < -0.4 is 5.32 Å². The van der Waals surface area contributed by atoms with Crippen LogP contribution in [-0.4, -0.2) is 19.4 Å². The number of hydrogen-bond donors (Lipinski definition) is 1. The van der Waals surface area contributed by atoms with Gasteiger partial charge in [-0.05, 0) is 29.9 Å². The second-order valence-electron chi connectivity index (χ2n) is 7.09. The minimum atomic E-state index is -0.270. The number of benzene rings is 2. The molecule has 0 bridgehead atoms. The number of morpholine rings is 1. The van der Waals surface area contributed by atoms with E-state index < -0.39 is 0 Å². The molecular formula is C22H29NO2. The van der Waals surface area contributed by atoms with E-state index in [2.05, 4.69) is 73.8 Å². The Bertz CT molecular complexity index is 614. The fraction of sp³-hybridized carbons (Fsp3) is 0.455. The van der Waals surface area contributed by atoms with E-state index in [4.69, 9.17) is 9.47 Å². The topological polar surface area (TPSA) is 30.5 Å². The molecule has 1 heterocycles. The first-order valence-corrected chi connectivity index (χ1v) is 9.34. The predicted octanol–water partition coefficient (Wildman–Crippen LogP) is 4.87. The van der Waals surface area contributed by atoms with Crippen LogP contribution in [-0.2, 0) is 9.47 Å². The van der Waals surface area contributed by atoms with E-state index in [0.29, 0.717) is 12.5 Å². The first kappa shape index (κ1) is 18.1. The fourth-order valence-corrected chi connectivity index (χ4v) is 3.26. The zero-order chi connectivity index (χ0) is 17.5. The molecule has 3 unspecified atom stereocenters. The van der Waals surface area contributed by atoms with E-state index in [1.165, 1.54) is 11.1 Å². The largest absolute Gasteiger partial charge is 0.349 e. The Morgan fingerprint density at radius 3 is 2.36 bits per heavy atom. The van der Waals surface area contributed by atoms with Crippen molar-refractivity contribution in [2.45, 2.75) is 45.1 Å². The van der Waals surface area contributed by atoms with E-state index in [1.807, 2.05) is 6.07 Å². The van der Waals surface area contributed by atoms with Crippen molar-refractivity contribution in [2.24, 2.45) is 5.92 Å². The Kier molecular flexibility index (Phi) is 6.62. The zero-order valence-electron chi connectivity index (χ0n) is 15.2. The van der Waals surface area contributed by atoms with Gasteiger partial charge in [0.15, 0.2) is 6.29 Å². The lowest BCUT2D eigenvalue weighted by molar-refractivity contribution is -0.205. The standard InChI is InChI=1S/C22H29NO2/c1-17(2)13-14-20(18-9-5-3-6-10-18)25-22-21(23-15-16-24-22)19-11-7-4-8-12-19/h3-12,17,20-23H,13-16H2,1-2H3. The van der Waals surface area contributed by atoms with Gasteiger partial charge in [0.1, 0.15) is 0 Å². The maximum absolute atomic E-state index is 6.51. The Morgan fingerprint density at radius 2 is 1.68 bits per heavy atom. The van der Waals surface area contributed by atoms with Gasteiger partial charge in [0.25, 0.3) is 0 Å². The van der Waals surface area contributed by atoms with Crippen LogP contribution in [0.15, 0.2) is 60.7 Å². The van der Waals surface area contributed by atoms with Crippen molar-refractivity contribution in [1.82, 2.24) is 5.32 Å². The molecule has 1 N–H and O–H groups in total. The molecule has 0 spiro atoms. The van der Waals surface area contributed by atoms with E-state index in [1.54, 1.807) is 0 Å². The molecule has 1 aliphatic heterocycles. The Labute approximate surface area is 151 Å². The average molecular weight is 339 g/mol. The molecule has 0 aliphatic carbocycles. The van der Waals surface area contributed by atoms with Gasteiger partial charge in [-0.15, -0.1) is 0 Å². The van der Waals surface area contributed by atoms with Gasteiger partial charge < -0.3 is 14.8 Å². The number of ether oxygens (including phenoxy) is 2. The first-order valence-electron chi connectivity index (χ1n) is 9.34. The van der Waals surface area contributed by atoms with Gasteiger partial charge in [0.05, 0.1) is 18.8 Å². The van der Waals surface area contributed by atoms with Crippen LogP contribution in [0.4, 0.5) is 0 Å². The smallest absolute Gasteiger partial charge is 0.177 e. The maximum Gasteiger partial charge on any atom is 0.177 e. The van der Waals surface area contributed by atoms with Crippen molar-refractivity contribution in [3.8, 4) is 0 Å². The minimum absolute atomic E-state index is 0.0553. The molecule has 1 aliphatic rings. The summed E-state index contributed by atoms with van der Waals surface area (Å²) in [5.41, 5.74) is 2.44. The zero-order valence-corrected chi connectivity index (χ0v) is 15.2. The summed E-state index contributed by atoms with van der Waals surface area (Å²) in [5.74, 6) is 0.658. The van der Waals surface area contributed by atoms with E-state index in [-0.39, 0.29) is 18.4 Å². The monoisotopic (exact) mass is 339 g/mol. The quantitative estimate of drug-likeness (QED) is 0.781. The van der Waals surface area contributed by atoms with Gasteiger partial charge in [-0.25, -0.2) is 0 Å². The van der Waals surface area contributed by atoms with Crippen LogP contribution >= 0.6 is 0 Å². The molecule has 25 heavy (non-hydrogen) atoms. The Morgan fingerprint density at radius 1 is 1.00 bits per heavy atom. The van der Waals surface area contributed by atoms with Gasteiger partial charge in [-0.2, -0.15) is 0 Å². The number of rotatable bonds is 7. The fourth-order valence-electron chi connectivity index (χ4n) is 3.26. The maximum atomic E-state index is 6.51. The van der Waals surface area contributed by atoms with Crippen molar-refractivity contribution in [1.29, 1.82) is 0 Å². The average Bonchev–Trinajstić information content (AvgIpc) is 2.66. The molecule has 0 saturated carbocycles. The highest BCUT2D eigenvalue weighted by Gasteiger charge is 2.30. The molecule has 1 fully saturated rings. The molecule has 0 aromatic heterocycles. The van der Waals surface area contributed by atoms with Gasteiger partial charge >= 0.3 is 0 Å². The molecular weight excluding hydrogens is 310 g/mol. The van der Waals surface area contributed by atoms with E-state index in [0.717, 1.165) is 19.4 Å². The number of nitrogens with one attached hydrogen (secondary N) is 1. The van der Waals surface area contributed by atoms with Gasteiger partial charge in [-0.1, -0.05) is 74.5 Å². The lowest BCUT2D eigenvalue weighted by atomic mass is 9.99. The minimum Gasteiger partial charge on any atom is -0.349 e. The molecule has 3 heteroatoms. The SMILES string of the molecule is CC(C)CCC(OC1OCCNC1c1ccccc1)c1ccccc1. The highest BCUT2D eigenvalue weighted by molar-refractivity contribution is 5.21. The van der Waals surface area contributed by atoms with Crippen molar-refractivity contribution >= 4 is 0 Å². The van der Waals surface area contributed by atoms with Crippen molar-refractivity contribution in [2.75, 3.05) is 13.2 Å². The van der Waals surface area contributed by atoms with Crippen LogP contribution in [0.1, 0.15) is 50.0 Å². The second kappa shape index (κ2) is 9.14. The van der Waals surface area contributed by atoms with Gasteiger partial charge in [0, 0.05) is 6.54 Å². The number of hydrogen-bond acceptors (Lipinski definition) is 3. The van der Waals surface area contributed by atoms with Crippen LogP contribution in [0.5, 0.6) is 0 Å². The third kappa shape index (κ3) is 5.15. The first-order chi connectivity index (χ1) is 12.2. The van der Waals surface area contributed by atoms with Crippen molar-refractivity contribution in [3.05, 3.63) is 71.8 Å². The molecule has 2 aromatic rings. The summed E-state index contributed by atoms with van der Waals surface area (Å²) in [5, 5.41) is 3.56. The van der Waals surface area contributed by atoms with Crippen molar-refractivity contribution in [3.63, 3.8) is 0 Å². The van der Waals surface area contributed by atoms with Gasteiger partial charge in [-0.3, -0.25) is 0 Å². The summed E-state index contributed by atoms with van der Waals surface area (Å²) in [6.07, 6.45) is 1.92. The molecule has 3 rings (SSSR count). The lowest BCUT2D eigenvalue weighted by Crippen LogP contribution is -2.43. The Hall–Kier alpha value is -1.68. The predicted molar refractivity (Wildman–Crippen MR) is 101 cm³/mol. The molecule has 3 nitrogen and oxygen atoms in total. The van der Waals surface area contributed by atoms with Gasteiger partial charge in [0.2, 0.25) is 0 Å². The highest BCUT2D eigenvalue weighted by Crippen LogP contribution is 2.31. The summed E-state index contributed by atoms with van der Waals surface area (Å²) < 4.78 is 12.5. The summed E-state index contributed by atoms with van der Waals surface area (Å²) in [7, 11) is 0. The molecule has 3 atom stereocenters. The normalized spacial score (nSPS) is 22.0. The molecule has 134 valence electrons. The highest BCUT2D eigenvalue weighted by atomic mass is 16.7. The summed E-state index contributed by atoms with van der Waals surface area (Å²) in [6, 6.07) is 21.0. The van der Waals surface area contributed by atoms with E-state index in [9.17, 15) is 0 Å². The summed E-state index contributed by atoms with van der Waals surface area (Å²) in [6.45, 7) is 6.04. The lowest BCUT2D eigenvalue weighted by Gasteiger charge is -2.35. The summed E-state index contributed by atoms with van der Waals surface area (Å²) in [4.78, 5) is 0. The second-order valence-corrected chi connectivity index (χ2v) is 7.09. The molecule has 2 aromatic carbocycles. The van der Waals surface area contributed by atoms with Crippen LogP contribution in [0.2, 0.25) is 0 Å². The van der Waals surface area contributed by atoms with Crippen LogP contribution in [0, 0.1) is 5.92 Å².